The normalized spacial score (nSPS) is 15.2. The molecular weight excluding hydrogens is 517 g/mol. The molecule has 1 aliphatic carbocycles. The first-order chi connectivity index (χ1) is 17.5. The van der Waals surface area contributed by atoms with Gasteiger partial charge in [0.25, 0.3) is 5.92 Å². The van der Waals surface area contributed by atoms with Crippen LogP contribution in [0.2, 0.25) is 0 Å². The number of ether oxygens (including phenoxy) is 1. The van der Waals surface area contributed by atoms with E-state index >= 15 is 0 Å². The summed E-state index contributed by atoms with van der Waals surface area (Å²) >= 11 is 1.17. The largest absolute Gasteiger partial charge is 0.439 e. The highest BCUT2D eigenvalue weighted by Gasteiger charge is 2.47. The third kappa shape index (κ3) is 5.49. The average Bonchev–Trinajstić information content (AvgIpc) is 3.54. The van der Waals surface area contributed by atoms with Crippen LogP contribution < -0.4 is 5.76 Å². The van der Waals surface area contributed by atoms with Crippen LogP contribution in [0.1, 0.15) is 40.6 Å². The van der Waals surface area contributed by atoms with Crippen LogP contribution in [0, 0.1) is 12.8 Å². The van der Waals surface area contributed by atoms with Gasteiger partial charge in [0.15, 0.2) is 5.82 Å². The summed E-state index contributed by atoms with van der Waals surface area (Å²) in [6, 6.07) is 11.2. The summed E-state index contributed by atoms with van der Waals surface area (Å²) in [7, 11) is 0. The predicted molar refractivity (Wildman–Crippen MR) is 125 cm³/mol. The second kappa shape index (κ2) is 9.49. The summed E-state index contributed by atoms with van der Waals surface area (Å²) in [6.07, 6.45) is -4.46. The Morgan fingerprint density at radius 3 is 2.27 bits per heavy atom. The van der Waals surface area contributed by atoms with E-state index in [0.717, 1.165) is 12.1 Å². The van der Waals surface area contributed by atoms with Crippen molar-refractivity contribution in [1.82, 2.24) is 15.1 Å². The zero-order valence-corrected chi connectivity index (χ0v) is 20.1. The minimum atomic E-state index is -4.46. The predicted octanol–water partition coefficient (Wildman–Crippen LogP) is 6.63. The Balaban J connectivity index is 1.47. The zero-order valence-electron chi connectivity index (χ0n) is 19.3. The number of nitrogens with one attached hydrogen (secondary N) is 1. The molecular formula is C25H20F5N3O3S. The zero-order chi connectivity index (χ0) is 26.4. The van der Waals surface area contributed by atoms with E-state index in [4.69, 9.17) is 4.74 Å². The van der Waals surface area contributed by atoms with Gasteiger partial charge < -0.3 is 4.74 Å². The molecule has 4 aromatic rings. The van der Waals surface area contributed by atoms with E-state index < -0.39 is 42.0 Å². The summed E-state index contributed by atoms with van der Waals surface area (Å²) in [4.78, 5) is 18.7. The third-order valence-electron chi connectivity index (χ3n) is 6.07. The monoisotopic (exact) mass is 537 g/mol. The first-order valence-electron chi connectivity index (χ1n) is 11.3. The van der Waals surface area contributed by atoms with Crippen molar-refractivity contribution < 1.29 is 31.2 Å². The minimum absolute atomic E-state index is 0.216. The number of aromatic amines is 1. The number of aryl methyl sites for hydroxylation is 1. The van der Waals surface area contributed by atoms with Crippen LogP contribution in [0.15, 0.2) is 57.8 Å². The van der Waals surface area contributed by atoms with Crippen molar-refractivity contribution in [3.63, 3.8) is 0 Å². The number of hydrogen-bond donors (Lipinski definition) is 1. The molecule has 1 aliphatic rings. The maximum Gasteiger partial charge on any atom is 0.439 e. The summed E-state index contributed by atoms with van der Waals surface area (Å²) in [6.45, 7) is 0.914. The fourth-order valence-corrected chi connectivity index (χ4v) is 5.04. The summed E-state index contributed by atoms with van der Waals surface area (Å²) in [5.74, 6) is -4.18. The van der Waals surface area contributed by atoms with E-state index in [2.05, 4.69) is 19.6 Å². The molecule has 194 valence electrons. The highest BCUT2D eigenvalue weighted by atomic mass is 32.1. The number of alkyl halides is 5. The SMILES string of the molecule is Cc1nc(-c2ccc(C(F)(F)F)cc2)sc1C(OCC(F)(F)C1CC1)c1ccc(-c2noc(=O)[nH]2)cc1. The van der Waals surface area contributed by atoms with Crippen LogP contribution in [-0.2, 0) is 10.9 Å². The highest BCUT2D eigenvalue weighted by molar-refractivity contribution is 7.15. The Hall–Kier alpha value is -3.38. The molecule has 1 saturated carbocycles. The van der Waals surface area contributed by atoms with Crippen LogP contribution >= 0.6 is 11.3 Å². The third-order valence-corrected chi connectivity index (χ3v) is 7.32. The van der Waals surface area contributed by atoms with E-state index in [1.807, 2.05) is 0 Å². The molecule has 37 heavy (non-hydrogen) atoms. The first-order valence-corrected chi connectivity index (χ1v) is 12.1. The van der Waals surface area contributed by atoms with Crippen molar-refractivity contribution in [2.75, 3.05) is 6.61 Å². The van der Waals surface area contributed by atoms with Crippen molar-refractivity contribution >= 4 is 11.3 Å². The Bertz CT molecular complexity index is 1440. The molecule has 1 unspecified atom stereocenters. The highest BCUT2D eigenvalue weighted by Crippen LogP contribution is 2.45. The topological polar surface area (TPSA) is 81.0 Å². The molecule has 0 amide bonds. The summed E-state index contributed by atoms with van der Waals surface area (Å²) in [5.41, 5.74) is 1.32. The van der Waals surface area contributed by atoms with Gasteiger partial charge in [0.2, 0.25) is 0 Å². The lowest BCUT2D eigenvalue weighted by Crippen LogP contribution is -2.27. The van der Waals surface area contributed by atoms with Gasteiger partial charge in [0.05, 0.1) is 16.1 Å². The molecule has 6 nitrogen and oxygen atoms in total. The van der Waals surface area contributed by atoms with E-state index in [1.165, 1.54) is 23.5 Å². The van der Waals surface area contributed by atoms with Gasteiger partial charge in [-0.15, -0.1) is 11.3 Å². The molecule has 1 atom stereocenters. The van der Waals surface area contributed by atoms with Gasteiger partial charge in [-0.3, -0.25) is 9.51 Å². The number of hydrogen-bond acceptors (Lipinski definition) is 6. The lowest BCUT2D eigenvalue weighted by Gasteiger charge is -2.22. The number of benzene rings is 2. The van der Waals surface area contributed by atoms with Crippen LogP contribution in [0.4, 0.5) is 22.0 Å². The van der Waals surface area contributed by atoms with E-state index in [0.29, 0.717) is 45.1 Å². The van der Waals surface area contributed by atoms with Crippen LogP contribution in [0.3, 0.4) is 0 Å². The molecule has 2 aromatic carbocycles. The standard InChI is InChI=1S/C25H20F5N3O3S/c1-13-20(37-22(31-13)16-6-8-18(9-7-16)25(28,29)30)19(35-12-24(26,27)17-10-11-17)14-2-4-15(5-3-14)21-32-23(34)36-33-21/h2-9,17,19H,10-12H2,1H3,(H,32,33,34). The van der Waals surface area contributed by atoms with Crippen molar-refractivity contribution in [3.8, 4) is 22.0 Å². The van der Waals surface area contributed by atoms with Crippen molar-refractivity contribution in [2.24, 2.45) is 5.92 Å². The van der Waals surface area contributed by atoms with Gasteiger partial charge in [-0.2, -0.15) is 13.2 Å². The quantitative estimate of drug-likeness (QED) is 0.255. The van der Waals surface area contributed by atoms with Gasteiger partial charge >= 0.3 is 11.9 Å². The van der Waals surface area contributed by atoms with Crippen molar-refractivity contribution in [1.29, 1.82) is 0 Å². The average molecular weight is 538 g/mol. The Labute approximate surface area is 211 Å². The second-order valence-electron chi connectivity index (χ2n) is 8.84. The number of rotatable bonds is 8. The molecule has 0 bridgehead atoms. The molecule has 1 fully saturated rings. The number of H-pyrrole nitrogens is 1. The molecule has 1 N–H and O–H groups in total. The molecule has 0 spiro atoms. The van der Waals surface area contributed by atoms with Crippen LogP contribution in [0.25, 0.3) is 22.0 Å². The molecule has 0 saturated heterocycles. The molecule has 2 heterocycles. The second-order valence-corrected chi connectivity index (χ2v) is 9.87. The smallest absolute Gasteiger partial charge is 0.362 e. The number of thiazole rings is 1. The first kappa shape index (κ1) is 25.3. The fraction of sp³-hybridized carbons (Fsp3) is 0.320. The molecule has 12 heteroatoms. The van der Waals surface area contributed by atoms with Gasteiger partial charge in [-0.25, -0.2) is 18.6 Å². The Morgan fingerprint density at radius 2 is 1.70 bits per heavy atom. The Kier molecular flexibility index (Phi) is 6.48. The number of nitrogens with zero attached hydrogens (tertiary/aromatic N) is 2. The molecule has 0 aliphatic heterocycles. The van der Waals surface area contributed by atoms with Crippen molar-refractivity contribution in [3.05, 3.63) is 80.8 Å². The number of halogens is 5. The Morgan fingerprint density at radius 1 is 1.05 bits per heavy atom. The van der Waals surface area contributed by atoms with Crippen molar-refractivity contribution in [2.45, 2.75) is 38.0 Å². The van der Waals surface area contributed by atoms with Gasteiger partial charge in [0.1, 0.15) is 17.7 Å². The summed E-state index contributed by atoms with van der Waals surface area (Å²) < 4.78 is 78.2. The number of aromatic nitrogens is 3. The van der Waals surface area contributed by atoms with Crippen LogP contribution in [0.5, 0.6) is 0 Å². The summed E-state index contributed by atoms with van der Waals surface area (Å²) in [5, 5.41) is 4.08. The van der Waals surface area contributed by atoms with E-state index in [-0.39, 0.29) is 5.82 Å². The lowest BCUT2D eigenvalue weighted by molar-refractivity contribution is -0.137. The van der Waals surface area contributed by atoms with E-state index in [9.17, 15) is 26.7 Å². The van der Waals surface area contributed by atoms with Crippen LogP contribution in [-0.4, -0.2) is 27.7 Å². The molecule has 2 aromatic heterocycles. The van der Waals surface area contributed by atoms with Gasteiger partial charge in [-0.05, 0) is 37.5 Å². The maximum absolute atomic E-state index is 14.5. The van der Waals surface area contributed by atoms with Gasteiger partial charge in [-0.1, -0.05) is 41.6 Å². The van der Waals surface area contributed by atoms with E-state index in [1.54, 1.807) is 31.2 Å². The minimum Gasteiger partial charge on any atom is -0.362 e. The maximum atomic E-state index is 14.5. The molecule has 5 rings (SSSR count). The fourth-order valence-electron chi connectivity index (χ4n) is 3.89. The van der Waals surface area contributed by atoms with Gasteiger partial charge in [0, 0.05) is 17.0 Å². The molecule has 0 radical (unpaired) electrons. The lowest BCUT2D eigenvalue weighted by atomic mass is 10.0.